The van der Waals surface area contributed by atoms with Crippen LogP contribution in [0.5, 0.6) is 0 Å². The van der Waals surface area contributed by atoms with E-state index in [2.05, 4.69) is 15.3 Å². The highest BCUT2D eigenvalue weighted by Gasteiger charge is 2.00. The van der Waals surface area contributed by atoms with E-state index in [9.17, 15) is 0 Å². The molecule has 0 amide bonds. The SMILES string of the molecule is Cn1ncc(Cn2ccc(N)n2)n1. The van der Waals surface area contributed by atoms with Crippen molar-refractivity contribution in [2.24, 2.45) is 7.05 Å². The van der Waals surface area contributed by atoms with E-state index >= 15 is 0 Å². The molecule has 6 nitrogen and oxygen atoms in total. The Labute approximate surface area is 75.0 Å². The number of hydrogen-bond acceptors (Lipinski definition) is 4. The summed E-state index contributed by atoms with van der Waals surface area (Å²) in [5.74, 6) is 0.517. The Balaban J connectivity index is 2.14. The Morgan fingerprint density at radius 3 is 2.85 bits per heavy atom. The van der Waals surface area contributed by atoms with Crippen molar-refractivity contribution in [3.8, 4) is 0 Å². The predicted octanol–water partition coefficient (Wildman–Crippen LogP) is -0.358. The maximum Gasteiger partial charge on any atom is 0.145 e. The molecule has 0 fully saturated rings. The minimum Gasteiger partial charge on any atom is -0.382 e. The smallest absolute Gasteiger partial charge is 0.145 e. The van der Waals surface area contributed by atoms with Gasteiger partial charge in [-0.25, -0.2) is 0 Å². The molecule has 2 rings (SSSR count). The number of rotatable bonds is 2. The lowest BCUT2D eigenvalue weighted by Crippen LogP contribution is -2.02. The van der Waals surface area contributed by atoms with Gasteiger partial charge in [-0.15, -0.1) is 0 Å². The zero-order valence-corrected chi connectivity index (χ0v) is 7.25. The molecular weight excluding hydrogens is 168 g/mol. The second-order valence-corrected chi connectivity index (χ2v) is 2.76. The molecule has 0 aromatic carbocycles. The second kappa shape index (κ2) is 2.89. The van der Waals surface area contributed by atoms with Crippen LogP contribution in [0.3, 0.4) is 0 Å². The van der Waals surface area contributed by atoms with E-state index in [1.54, 1.807) is 24.0 Å². The van der Waals surface area contributed by atoms with Crippen LogP contribution in [0.25, 0.3) is 0 Å². The van der Waals surface area contributed by atoms with Crippen LogP contribution in [0.4, 0.5) is 5.82 Å². The zero-order valence-electron chi connectivity index (χ0n) is 7.25. The van der Waals surface area contributed by atoms with Crippen LogP contribution < -0.4 is 5.73 Å². The van der Waals surface area contributed by atoms with Crippen molar-refractivity contribution in [2.45, 2.75) is 6.54 Å². The molecule has 0 saturated carbocycles. The van der Waals surface area contributed by atoms with Gasteiger partial charge in [-0.2, -0.15) is 20.1 Å². The van der Waals surface area contributed by atoms with E-state index in [0.29, 0.717) is 12.4 Å². The first-order chi connectivity index (χ1) is 6.24. The molecule has 0 aliphatic carbocycles. The van der Waals surface area contributed by atoms with E-state index < -0.39 is 0 Å². The fraction of sp³-hybridized carbons (Fsp3) is 0.286. The van der Waals surface area contributed by atoms with E-state index in [-0.39, 0.29) is 0 Å². The summed E-state index contributed by atoms with van der Waals surface area (Å²) in [6, 6.07) is 1.75. The molecule has 13 heavy (non-hydrogen) atoms. The van der Waals surface area contributed by atoms with Gasteiger partial charge in [0.2, 0.25) is 0 Å². The van der Waals surface area contributed by atoms with Crippen LogP contribution in [0, 0.1) is 0 Å². The maximum absolute atomic E-state index is 5.46. The highest BCUT2D eigenvalue weighted by molar-refractivity contribution is 5.23. The molecule has 2 heterocycles. The molecule has 0 atom stereocenters. The van der Waals surface area contributed by atoms with Gasteiger partial charge in [-0.1, -0.05) is 0 Å². The number of aryl methyl sites for hydroxylation is 1. The summed E-state index contributed by atoms with van der Waals surface area (Å²) in [5.41, 5.74) is 6.33. The van der Waals surface area contributed by atoms with Crippen molar-refractivity contribution in [3.63, 3.8) is 0 Å². The molecule has 2 aromatic heterocycles. The summed E-state index contributed by atoms with van der Waals surface area (Å²) < 4.78 is 1.72. The lowest BCUT2D eigenvalue weighted by Gasteiger charge is -1.94. The quantitative estimate of drug-likeness (QED) is 0.681. The van der Waals surface area contributed by atoms with Gasteiger partial charge in [-0.3, -0.25) is 4.68 Å². The molecule has 6 heteroatoms. The third-order valence-electron chi connectivity index (χ3n) is 1.63. The summed E-state index contributed by atoms with van der Waals surface area (Å²) in [5, 5.41) is 12.1. The normalized spacial score (nSPS) is 10.5. The van der Waals surface area contributed by atoms with Crippen LogP contribution in [-0.4, -0.2) is 24.8 Å². The van der Waals surface area contributed by atoms with Gasteiger partial charge in [0.1, 0.15) is 11.5 Å². The number of aromatic nitrogens is 5. The minimum absolute atomic E-state index is 0.517. The average Bonchev–Trinajstić information content (AvgIpc) is 2.62. The summed E-state index contributed by atoms with van der Waals surface area (Å²) in [7, 11) is 1.78. The minimum atomic E-state index is 0.517. The van der Waals surface area contributed by atoms with Crippen molar-refractivity contribution in [2.75, 3.05) is 5.73 Å². The van der Waals surface area contributed by atoms with Crippen molar-refractivity contribution >= 4 is 5.82 Å². The number of nitrogens with two attached hydrogens (primary N) is 1. The zero-order chi connectivity index (χ0) is 9.26. The third kappa shape index (κ3) is 1.66. The Bertz CT molecular complexity index is 362. The highest BCUT2D eigenvalue weighted by Crippen LogP contribution is 1.99. The number of hydrogen-bond donors (Lipinski definition) is 1. The van der Waals surface area contributed by atoms with Gasteiger partial charge >= 0.3 is 0 Å². The fourth-order valence-electron chi connectivity index (χ4n) is 1.09. The number of anilines is 1. The summed E-state index contributed by atoms with van der Waals surface area (Å²) in [4.78, 5) is 1.52. The Kier molecular flexibility index (Phi) is 1.73. The lowest BCUT2D eigenvalue weighted by atomic mass is 10.5. The lowest BCUT2D eigenvalue weighted by molar-refractivity contribution is 0.621. The topological polar surface area (TPSA) is 74.5 Å². The highest BCUT2D eigenvalue weighted by atomic mass is 15.5. The van der Waals surface area contributed by atoms with E-state index in [1.807, 2.05) is 6.20 Å². The first kappa shape index (κ1) is 7.78. The fourth-order valence-corrected chi connectivity index (χ4v) is 1.09. The van der Waals surface area contributed by atoms with Crippen molar-refractivity contribution in [1.82, 2.24) is 24.8 Å². The monoisotopic (exact) mass is 178 g/mol. The molecule has 0 unspecified atom stereocenters. The van der Waals surface area contributed by atoms with E-state index in [4.69, 9.17) is 5.73 Å². The summed E-state index contributed by atoms with van der Waals surface area (Å²) >= 11 is 0. The first-order valence-electron chi connectivity index (χ1n) is 3.88. The van der Waals surface area contributed by atoms with Crippen LogP contribution in [0.2, 0.25) is 0 Å². The van der Waals surface area contributed by atoms with Gasteiger partial charge in [0.15, 0.2) is 0 Å². The number of nitrogen functional groups attached to an aromatic ring is 1. The average molecular weight is 178 g/mol. The van der Waals surface area contributed by atoms with Crippen molar-refractivity contribution in [1.29, 1.82) is 0 Å². The summed E-state index contributed by atoms with van der Waals surface area (Å²) in [6.45, 7) is 0.602. The number of nitrogens with zero attached hydrogens (tertiary/aromatic N) is 5. The maximum atomic E-state index is 5.46. The Hall–Kier alpha value is -1.85. The molecule has 0 saturated heterocycles. The molecule has 0 aliphatic rings. The molecule has 68 valence electrons. The van der Waals surface area contributed by atoms with Gasteiger partial charge in [0.25, 0.3) is 0 Å². The molecule has 0 bridgehead atoms. The van der Waals surface area contributed by atoms with Gasteiger partial charge < -0.3 is 5.73 Å². The molecule has 0 radical (unpaired) electrons. The molecule has 2 N–H and O–H groups in total. The molecule has 0 spiro atoms. The van der Waals surface area contributed by atoms with E-state index in [0.717, 1.165) is 5.69 Å². The standard InChI is InChI=1S/C7H10N6/c1-12-9-4-6(10-12)5-13-3-2-7(8)11-13/h2-4H,5H2,1H3,(H2,8,11). The predicted molar refractivity (Wildman–Crippen MR) is 46.7 cm³/mol. The second-order valence-electron chi connectivity index (χ2n) is 2.76. The van der Waals surface area contributed by atoms with Gasteiger partial charge in [0.05, 0.1) is 12.7 Å². The van der Waals surface area contributed by atoms with Crippen molar-refractivity contribution in [3.05, 3.63) is 24.2 Å². The van der Waals surface area contributed by atoms with E-state index in [1.165, 1.54) is 4.80 Å². The molecular formula is C7H10N6. The van der Waals surface area contributed by atoms with Crippen LogP contribution in [0.1, 0.15) is 5.69 Å². The Morgan fingerprint density at radius 2 is 2.31 bits per heavy atom. The molecule has 2 aromatic rings. The van der Waals surface area contributed by atoms with Crippen LogP contribution >= 0.6 is 0 Å². The molecule has 0 aliphatic heterocycles. The van der Waals surface area contributed by atoms with Crippen molar-refractivity contribution < 1.29 is 0 Å². The van der Waals surface area contributed by atoms with Gasteiger partial charge in [-0.05, 0) is 6.07 Å². The first-order valence-corrected chi connectivity index (χ1v) is 3.88. The Morgan fingerprint density at radius 1 is 1.46 bits per heavy atom. The van der Waals surface area contributed by atoms with Gasteiger partial charge in [0, 0.05) is 13.2 Å². The van der Waals surface area contributed by atoms with Crippen LogP contribution in [-0.2, 0) is 13.6 Å². The summed E-state index contributed by atoms with van der Waals surface area (Å²) in [6.07, 6.45) is 3.52. The van der Waals surface area contributed by atoms with Crippen LogP contribution in [0.15, 0.2) is 18.5 Å². The largest absolute Gasteiger partial charge is 0.382 e. The third-order valence-corrected chi connectivity index (χ3v) is 1.63.